The van der Waals surface area contributed by atoms with E-state index >= 15 is 0 Å². The first-order valence-corrected chi connectivity index (χ1v) is 10.7. The Morgan fingerprint density at radius 2 is 1.77 bits per heavy atom. The van der Waals surface area contributed by atoms with Gasteiger partial charge in [0.2, 0.25) is 10.0 Å². The minimum atomic E-state index is -3.17. The standard InChI is InChI=1S/C18H26N2O5S/c1-2-3-12-26(22,23)20-8-6-19(7-9-20)14-16(21)15-4-5-17-18(13-15)25-11-10-24-17/h4-5,13H,2-3,6-12,14H2,1H3. The Kier molecular flexibility index (Phi) is 6.16. The van der Waals surface area contributed by atoms with Gasteiger partial charge in [0.25, 0.3) is 0 Å². The molecule has 1 aromatic rings. The Morgan fingerprint density at radius 1 is 1.08 bits per heavy atom. The summed E-state index contributed by atoms with van der Waals surface area (Å²) < 4.78 is 37.0. The highest BCUT2D eigenvalue weighted by molar-refractivity contribution is 7.89. The number of unbranched alkanes of at least 4 members (excludes halogenated alkanes) is 1. The number of ether oxygens (including phenoxy) is 2. The molecule has 2 aliphatic heterocycles. The summed E-state index contributed by atoms with van der Waals surface area (Å²) >= 11 is 0. The van der Waals surface area contributed by atoms with Crippen molar-refractivity contribution in [3.8, 4) is 11.5 Å². The largest absolute Gasteiger partial charge is 0.486 e. The predicted molar refractivity (Wildman–Crippen MR) is 98.5 cm³/mol. The molecule has 1 fully saturated rings. The summed E-state index contributed by atoms with van der Waals surface area (Å²) in [6.45, 7) is 5.30. The number of hydrogen-bond donors (Lipinski definition) is 0. The molecule has 0 saturated carbocycles. The lowest BCUT2D eigenvalue weighted by Crippen LogP contribution is -2.50. The van der Waals surface area contributed by atoms with Gasteiger partial charge < -0.3 is 9.47 Å². The highest BCUT2D eigenvalue weighted by atomic mass is 32.2. The van der Waals surface area contributed by atoms with Crippen LogP contribution < -0.4 is 9.47 Å². The van der Waals surface area contributed by atoms with Crippen LogP contribution in [0.1, 0.15) is 30.1 Å². The summed E-state index contributed by atoms with van der Waals surface area (Å²) in [5.74, 6) is 1.48. The van der Waals surface area contributed by atoms with Crippen molar-refractivity contribution < 1.29 is 22.7 Å². The maximum absolute atomic E-state index is 12.5. The van der Waals surface area contributed by atoms with Crippen LogP contribution in [0.4, 0.5) is 0 Å². The molecule has 26 heavy (non-hydrogen) atoms. The fourth-order valence-electron chi connectivity index (χ4n) is 3.13. The molecule has 1 saturated heterocycles. The van der Waals surface area contributed by atoms with E-state index in [9.17, 15) is 13.2 Å². The lowest BCUT2D eigenvalue weighted by molar-refractivity contribution is 0.0900. The van der Waals surface area contributed by atoms with E-state index in [1.165, 1.54) is 0 Å². The van der Waals surface area contributed by atoms with E-state index in [0.29, 0.717) is 62.9 Å². The number of ketones is 1. The summed E-state index contributed by atoms with van der Waals surface area (Å²) in [6.07, 6.45) is 1.55. The van der Waals surface area contributed by atoms with Gasteiger partial charge in [-0.15, -0.1) is 0 Å². The number of nitrogens with zero attached hydrogens (tertiary/aromatic N) is 2. The predicted octanol–water partition coefficient (Wildman–Crippen LogP) is 1.39. The number of fused-ring (bicyclic) bond motifs is 1. The van der Waals surface area contributed by atoms with Crippen LogP contribution in [0.25, 0.3) is 0 Å². The van der Waals surface area contributed by atoms with Crippen LogP contribution in [-0.2, 0) is 10.0 Å². The average Bonchev–Trinajstić information content (AvgIpc) is 2.66. The molecular weight excluding hydrogens is 356 g/mol. The van der Waals surface area contributed by atoms with Crippen LogP contribution >= 0.6 is 0 Å². The molecule has 3 rings (SSSR count). The summed E-state index contributed by atoms with van der Waals surface area (Å²) in [6, 6.07) is 5.24. The highest BCUT2D eigenvalue weighted by Crippen LogP contribution is 2.30. The van der Waals surface area contributed by atoms with Gasteiger partial charge in [-0.1, -0.05) is 13.3 Å². The number of Topliss-reactive ketones (excluding diaryl/α,β-unsaturated/α-hetero) is 1. The van der Waals surface area contributed by atoms with Gasteiger partial charge in [-0.3, -0.25) is 9.69 Å². The van der Waals surface area contributed by atoms with Crippen LogP contribution in [-0.4, -0.2) is 75.1 Å². The average molecular weight is 382 g/mol. The smallest absolute Gasteiger partial charge is 0.214 e. The Bertz CT molecular complexity index is 742. The van der Waals surface area contributed by atoms with Gasteiger partial charge in [0.1, 0.15) is 13.2 Å². The second-order valence-corrected chi connectivity index (χ2v) is 8.71. The first kappa shape index (κ1) is 19.1. The molecule has 1 aromatic carbocycles. The van der Waals surface area contributed by atoms with Gasteiger partial charge >= 0.3 is 0 Å². The fraction of sp³-hybridized carbons (Fsp3) is 0.611. The van der Waals surface area contributed by atoms with Gasteiger partial charge in [0, 0.05) is 31.7 Å². The van der Waals surface area contributed by atoms with Crippen LogP contribution in [0.3, 0.4) is 0 Å². The second kappa shape index (κ2) is 8.37. The fourth-order valence-corrected chi connectivity index (χ4v) is 4.76. The molecule has 0 unspecified atom stereocenters. The van der Waals surface area contributed by atoms with Crippen molar-refractivity contribution in [2.45, 2.75) is 19.8 Å². The molecule has 0 aromatic heterocycles. The highest BCUT2D eigenvalue weighted by Gasteiger charge is 2.27. The number of benzene rings is 1. The molecule has 0 spiro atoms. The van der Waals surface area contributed by atoms with E-state index in [0.717, 1.165) is 6.42 Å². The zero-order valence-corrected chi connectivity index (χ0v) is 16.0. The molecule has 144 valence electrons. The van der Waals surface area contributed by atoms with Crippen LogP contribution in [0, 0.1) is 0 Å². The van der Waals surface area contributed by atoms with E-state index in [1.807, 2.05) is 11.8 Å². The van der Waals surface area contributed by atoms with Crippen molar-refractivity contribution in [2.24, 2.45) is 0 Å². The van der Waals surface area contributed by atoms with Crippen molar-refractivity contribution >= 4 is 15.8 Å². The van der Waals surface area contributed by atoms with E-state index in [4.69, 9.17) is 9.47 Å². The van der Waals surface area contributed by atoms with Crippen LogP contribution in [0.15, 0.2) is 18.2 Å². The zero-order valence-electron chi connectivity index (χ0n) is 15.1. The maximum atomic E-state index is 12.5. The molecule has 8 heteroatoms. The lowest BCUT2D eigenvalue weighted by atomic mass is 10.1. The van der Waals surface area contributed by atoms with Crippen molar-refractivity contribution in [1.29, 1.82) is 0 Å². The Hall–Kier alpha value is -1.64. The number of piperazine rings is 1. The normalized spacial score (nSPS) is 18.7. The van der Waals surface area contributed by atoms with Crippen LogP contribution in [0.5, 0.6) is 11.5 Å². The molecule has 2 heterocycles. The summed E-state index contributed by atoms with van der Waals surface area (Å²) in [5.41, 5.74) is 0.590. The van der Waals surface area contributed by atoms with E-state index in [-0.39, 0.29) is 18.1 Å². The van der Waals surface area contributed by atoms with Crippen molar-refractivity contribution in [3.05, 3.63) is 23.8 Å². The first-order valence-electron chi connectivity index (χ1n) is 9.12. The third kappa shape index (κ3) is 4.55. The molecule has 0 radical (unpaired) electrons. The summed E-state index contributed by atoms with van der Waals surface area (Å²) in [7, 11) is -3.17. The Morgan fingerprint density at radius 3 is 2.46 bits per heavy atom. The maximum Gasteiger partial charge on any atom is 0.214 e. The Balaban J connectivity index is 1.54. The topological polar surface area (TPSA) is 76.2 Å². The van der Waals surface area contributed by atoms with Gasteiger partial charge in [0.05, 0.1) is 12.3 Å². The monoisotopic (exact) mass is 382 g/mol. The van der Waals surface area contributed by atoms with Crippen molar-refractivity contribution in [3.63, 3.8) is 0 Å². The third-order valence-corrected chi connectivity index (χ3v) is 6.67. The van der Waals surface area contributed by atoms with Gasteiger partial charge in [0.15, 0.2) is 17.3 Å². The molecule has 0 N–H and O–H groups in total. The first-order chi connectivity index (χ1) is 12.5. The van der Waals surface area contributed by atoms with Crippen molar-refractivity contribution in [1.82, 2.24) is 9.21 Å². The Labute approximate surface area is 154 Å². The lowest BCUT2D eigenvalue weighted by Gasteiger charge is -2.33. The van der Waals surface area contributed by atoms with Crippen LogP contribution in [0.2, 0.25) is 0 Å². The molecule has 0 bridgehead atoms. The summed E-state index contributed by atoms with van der Waals surface area (Å²) in [4.78, 5) is 14.6. The quantitative estimate of drug-likeness (QED) is 0.664. The van der Waals surface area contributed by atoms with Gasteiger partial charge in [-0.05, 0) is 24.6 Å². The van der Waals surface area contributed by atoms with E-state index in [2.05, 4.69) is 0 Å². The number of carbonyl (C=O) groups is 1. The minimum Gasteiger partial charge on any atom is -0.486 e. The molecule has 2 aliphatic rings. The van der Waals surface area contributed by atoms with Crippen molar-refractivity contribution in [2.75, 3.05) is 51.7 Å². The number of sulfonamides is 1. The molecule has 0 atom stereocenters. The van der Waals surface area contributed by atoms with Gasteiger partial charge in [-0.25, -0.2) is 8.42 Å². The second-order valence-electron chi connectivity index (χ2n) is 6.63. The molecular formula is C18H26N2O5S. The van der Waals surface area contributed by atoms with Gasteiger partial charge in [-0.2, -0.15) is 4.31 Å². The minimum absolute atomic E-state index is 0.00395. The third-order valence-electron chi connectivity index (χ3n) is 4.71. The SMILES string of the molecule is CCCCS(=O)(=O)N1CCN(CC(=O)c2ccc3c(c2)OCCO3)CC1. The zero-order chi connectivity index (χ0) is 18.6. The van der Waals surface area contributed by atoms with E-state index < -0.39 is 10.0 Å². The molecule has 0 aliphatic carbocycles. The molecule has 7 nitrogen and oxygen atoms in total. The number of hydrogen-bond acceptors (Lipinski definition) is 6. The van der Waals surface area contributed by atoms with E-state index in [1.54, 1.807) is 22.5 Å². The number of rotatable bonds is 7. The number of carbonyl (C=O) groups excluding carboxylic acids is 1. The molecule has 0 amide bonds. The summed E-state index contributed by atoms with van der Waals surface area (Å²) in [5, 5.41) is 0.